The first kappa shape index (κ1) is 15.4. The van der Waals surface area contributed by atoms with Crippen molar-refractivity contribution in [3.05, 3.63) is 36.2 Å². The summed E-state index contributed by atoms with van der Waals surface area (Å²) in [7, 11) is 5.50. The van der Waals surface area contributed by atoms with Crippen molar-refractivity contribution in [2.24, 2.45) is 7.05 Å². The molecule has 3 rings (SSSR count). The first-order chi connectivity index (χ1) is 11.1. The predicted octanol–water partition coefficient (Wildman–Crippen LogP) is 0.0463. The van der Waals surface area contributed by atoms with Gasteiger partial charge >= 0.3 is 6.01 Å². The third-order valence-corrected chi connectivity index (χ3v) is 4.13. The van der Waals surface area contributed by atoms with Crippen LogP contribution in [0.4, 0.5) is 0 Å². The Morgan fingerprint density at radius 3 is 2.61 bits per heavy atom. The molecule has 2 aromatic heterocycles. The molecule has 23 heavy (non-hydrogen) atoms. The lowest BCUT2D eigenvalue weighted by Gasteiger charge is -2.20. The summed E-state index contributed by atoms with van der Waals surface area (Å²) >= 11 is 0. The summed E-state index contributed by atoms with van der Waals surface area (Å²) in [5.74, 6) is 0.0238. The number of amides is 1. The molecule has 0 aromatic carbocycles. The average molecular weight is 316 g/mol. The van der Waals surface area contributed by atoms with E-state index in [0.29, 0.717) is 5.56 Å². The van der Waals surface area contributed by atoms with E-state index in [-0.39, 0.29) is 23.9 Å². The van der Waals surface area contributed by atoms with Crippen molar-refractivity contribution in [3.8, 4) is 6.01 Å². The van der Waals surface area contributed by atoms with Crippen LogP contribution in [0.2, 0.25) is 0 Å². The quantitative estimate of drug-likeness (QED) is 0.858. The summed E-state index contributed by atoms with van der Waals surface area (Å²) in [5, 5.41) is 3.09. The summed E-state index contributed by atoms with van der Waals surface area (Å²) in [4.78, 5) is 26.8. The van der Waals surface area contributed by atoms with Gasteiger partial charge < -0.3 is 19.5 Å². The molecule has 1 saturated heterocycles. The van der Waals surface area contributed by atoms with Gasteiger partial charge in [-0.2, -0.15) is 0 Å². The summed E-state index contributed by atoms with van der Waals surface area (Å²) in [6.45, 7) is 1.67. The Kier molecular flexibility index (Phi) is 4.24. The van der Waals surface area contributed by atoms with Gasteiger partial charge in [-0.05, 0) is 7.05 Å². The van der Waals surface area contributed by atoms with Crippen molar-refractivity contribution in [3.63, 3.8) is 0 Å². The molecular formula is C15H20N6O2. The molecule has 1 aliphatic rings. The Labute approximate surface area is 134 Å². The van der Waals surface area contributed by atoms with Gasteiger partial charge in [0.05, 0.1) is 25.0 Å². The van der Waals surface area contributed by atoms with Crippen LogP contribution in [-0.2, 0) is 7.05 Å². The molecule has 0 saturated carbocycles. The maximum Gasteiger partial charge on any atom is 0.316 e. The number of likely N-dealkylation sites (tertiary alicyclic amines) is 1. The molecule has 0 aliphatic carbocycles. The number of aryl methyl sites for hydroxylation is 1. The van der Waals surface area contributed by atoms with Crippen molar-refractivity contribution < 1.29 is 9.53 Å². The van der Waals surface area contributed by atoms with Crippen molar-refractivity contribution in [1.29, 1.82) is 0 Å². The van der Waals surface area contributed by atoms with Crippen LogP contribution in [0.25, 0.3) is 0 Å². The van der Waals surface area contributed by atoms with Crippen LogP contribution in [0, 0.1) is 0 Å². The Hall–Kier alpha value is -2.48. The van der Waals surface area contributed by atoms with E-state index in [0.717, 1.165) is 18.8 Å². The predicted molar refractivity (Wildman–Crippen MR) is 83.3 cm³/mol. The number of ether oxygens (including phenoxy) is 1. The van der Waals surface area contributed by atoms with Crippen LogP contribution in [0.1, 0.15) is 22.0 Å². The minimum absolute atomic E-state index is 0.0185. The molecule has 0 radical (unpaired) electrons. The highest BCUT2D eigenvalue weighted by Gasteiger charge is 2.34. The minimum atomic E-state index is -0.180. The maximum atomic E-state index is 12.4. The molecule has 2 atom stereocenters. The van der Waals surface area contributed by atoms with Gasteiger partial charge in [0, 0.05) is 50.3 Å². The number of likely N-dealkylation sites (N-methyl/N-ethyl adjacent to an activating group) is 1. The fraction of sp³-hybridized carbons (Fsp3) is 0.467. The maximum absolute atomic E-state index is 12.4. The topological polar surface area (TPSA) is 85.2 Å². The number of hydrogen-bond donors (Lipinski definition) is 1. The molecule has 0 spiro atoms. The number of nitrogens with zero attached hydrogens (tertiary/aromatic N) is 5. The van der Waals surface area contributed by atoms with E-state index >= 15 is 0 Å². The molecular weight excluding hydrogens is 296 g/mol. The van der Waals surface area contributed by atoms with Gasteiger partial charge in [0.15, 0.2) is 0 Å². The SMILES string of the molecule is COc1ncc(C(=O)N[C@@H]2CN(C)C[C@H]2c2cncn2C)cn1. The van der Waals surface area contributed by atoms with Crippen molar-refractivity contribution >= 4 is 5.91 Å². The zero-order valence-electron chi connectivity index (χ0n) is 13.4. The number of hydrogen-bond acceptors (Lipinski definition) is 6. The highest BCUT2D eigenvalue weighted by atomic mass is 16.5. The Bertz CT molecular complexity index is 684. The summed E-state index contributed by atoms with van der Waals surface area (Å²) < 4.78 is 6.90. The number of carbonyl (C=O) groups excluding carboxylic acids is 1. The highest BCUT2D eigenvalue weighted by molar-refractivity contribution is 5.93. The molecule has 8 heteroatoms. The zero-order valence-corrected chi connectivity index (χ0v) is 13.4. The number of nitrogens with one attached hydrogen (secondary N) is 1. The molecule has 0 unspecified atom stereocenters. The largest absolute Gasteiger partial charge is 0.467 e. The van der Waals surface area contributed by atoms with Gasteiger partial charge in [0.25, 0.3) is 5.91 Å². The number of aromatic nitrogens is 4. The fourth-order valence-corrected chi connectivity index (χ4v) is 2.96. The third kappa shape index (κ3) is 3.16. The summed E-state index contributed by atoms with van der Waals surface area (Å²) in [6, 6.07) is 0.264. The monoisotopic (exact) mass is 316 g/mol. The second-order valence-corrected chi connectivity index (χ2v) is 5.80. The molecule has 1 N–H and O–H groups in total. The van der Waals surface area contributed by atoms with Gasteiger partial charge in [-0.15, -0.1) is 0 Å². The van der Waals surface area contributed by atoms with E-state index in [1.54, 1.807) is 6.33 Å². The smallest absolute Gasteiger partial charge is 0.316 e. The molecule has 1 aliphatic heterocycles. The number of imidazole rings is 1. The van der Waals surface area contributed by atoms with Crippen molar-refractivity contribution in [2.45, 2.75) is 12.0 Å². The minimum Gasteiger partial charge on any atom is -0.467 e. The molecule has 2 aromatic rings. The average Bonchev–Trinajstić information content (AvgIpc) is 3.12. The number of carbonyl (C=O) groups is 1. The van der Waals surface area contributed by atoms with Crippen LogP contribution < -0.4 is 10.1 Å². The Balaban J connectivity index is 1.74. The second-order valence-electron chi connectivity index (χ2n) is 5.80. The molecule has 122 valence electrons. The van der Waals surface area contributed by atoms with Crippen molar-refractivity contribution in [2.75, 3.05) is 27.2 Å². The summed E-state index contributed by atoms with van der Waals surface area (Å²) in [6.07, 6.45) is 6.58. The molecule has 0 bridgehead atoms. The van der Waals surface area contributed by atoms with E-state index in [2.05, 4.69) is 25.2 Å². The molecule has 1 amide bonds. The first-order valence-electron chi connectivity index (χ1n) is 7.40. The van der Waals surface area contributed by atoms with Crippen molar-refractivity contribution in [1.82, 2.24) is 29.7 Å². The van der Waals surface area contributed by atoms with E-state index in [4.69, 9.17) is 4.74 Å². The highest BCUT2D eigenvalue weighted by Crippen LogP contribution is 2.26. The fourth-order valence-electron chi connectivity index (χ4n) is 2.96. The Morgan fingerprint density at radius 1 is 1.26 bits per heavy atom. The second kappa shape index (κ2) is 6.33. The van der Waals surface area contributed by atoms with Gasteiger partial charge in [0.1, 0.15) is 0 Å². The lowest BCUT2D eigenvalue weighted by Crippen LogP contribution is -2.40. The van der Waals surface area contributed by atoms with Gasteiger partial charge in [0.2, 0.25) is 0 Å². The Morgan fingerprint density at radius 2 is 2.00 bits per heavy atom. The lowest BCUT2D eigenvalue weighted by molar-refractivity contribution is 0.0934. The van der Waals surface area contributed by atoms with Crippen LogP contribution in [0.5, 0.6) is 6.01 Å². The van der Waals surface area contributed by atoms with Gasteiger partial charge in [-0.3, -0.25) is 4.79 Å². The van der Waals surface area contributed by atoms with E-state index in [1.807, 2.05) is 24.9 Å². The summed E-state index contributed by atoms with van der Waals surface area (Å²) in [5.41, 5.74) is 1.54. The van der Waals surface area contributed by atoms with Crippen LogP contribution in [0.15, 0.2) is 24.9 Å². The first-order valence-corrected chi connectivity index (χ1v) is 7.40. The molecule has 1 fully saturated rings. The van der Waals surface area contributed by atoms with E-state index in [9.17, 15) is 4.79 Å². The standard InChI is InChI=1S/C15H20N6O2/c1-20-7-11(13-6-16-9-21(13)2)12(8-20)19-14(22)10-4-17-15(23-3)18-5-10/h4-6,9,11-12H,7-8H2,1-3H3,(H,19,22)/t11-,12-/m1/s1. The normalized spacial score (nSPS) is 21.3. The van der Waals surface area contributed by atoms with Crippen LogP contribution in [-0.4, -0.2) is 63.6 Å². The van der Waals surface area contributed by atoms with Gasteiger partial charge in [-0.1, -0.05) is 0 Å². The van der Waals surface area contributed by atoms with Gasteiger partial charge in [-0.25, -0.2) is 15.0 Å². The van der Waals surface area contributed by atoms with Crippen LogP contribution in [0.3, 0.4) is 0 Å². The lowest BCUT2D eigenvalue weighted by atomic mass is 10.00. The molecule has 3 heterocycles. The molecule has 8 nitrogen and oxygen atoms in total. The van der Waals surface area contributed by atoms with Crippen LogP contribution >= 0.6 is 0 Å². The zero-order chi connectivity index (χ0) is 16.4. The van der Waals surface area contributed by atoms with E-state index < -0.39 is 0 Å². The number of methoxy groups -OCH3 is 1. The number of rotatable bonds is 4. The van der Waals surface area contributed by atoms with E-state index in [1.165, 1.54) is 19.5 Å². The third-order valence-electron chi connectivity index (χ3n) is 4.13.